The van der Waals surface area contributed by atoms with Crippen LogP contribution in [0.3, 0.4) is 0 Å². The van der Waals surface area contributed by atoms with Gasteiger partial charge in [-0.3, -0.25) is 0 Å². The van der Waals surface area contributed by atoms with Crippen LogP contribution in [-0.2, 0) is 6.42 Å². The third-order valence-electron chi connectivity index (χ3n) is 6.19. The van der Waals surface area contributed by atoms with Crippen molar-refractivity contribution in [2.24, 2.45) is 0 Å². The van der Waals surface area contributed by atoms with E-state index in [9.17, 15) is 10.2 Å². The summed E-state index contributed by atoms with van der Waals surface area (Å²) in [6.07, 6.45) is 18.4. The molecule has 2 N–H and O–H groups in total. The van der Waals surface area contributed by atoms with Gasteiger partial charge in [-0.1, -0.05) is 71.4 Å². The number of aromatic hydroxyl groups is 2. The van der Waals surface area contributed by atoms with Gasteiger partial charge in [-0.25, -0.2) is 0 Å². The van der Waals surface area contributed by atoms with Gasteiger partial charge in [0.2, 0.25) is 0 Å². The average molecular weight is 433 g/mol. The van der Waals surface area contributed by atoms with Gasteiger partial charge in [-0.05, 0) is 85.1 Å². The SMILES string of the molecule is C/C=C/CC/C(C)=C/CC/C(C)=C/CC/C(C)=C/Cc1c(C)c(O)c2ccccc2c1O. The minimum atomic E-state index is 0.268. The summed E-state index contributed by atoms with van der Waals surface area (Å²) in [7, 11) is 0. The second-order valence-corrected chi connectivity index (χ2v) is 8.89. The van der Waals surface area contributed by atoms with Crippen molar-refractivity contribution < 1.29 is 10.2 Å². The van der Waals surface area contributed by atoms with Crippen molar-refractivity contribution in [3.8, 4) is 11.5 Å². The van der Waals surface area contributed by atoms with Crippen molar-refractivity contribution in [2.45, 2.75) is 79.6 Å². The summed E-state index contributed by atoms with van der Waals surface area (Å²) in [5, 5.41) is 22.7. The van der Waals surface area contributed by atoms with E-state index in [0.29, 0.717) is 17.2 Å². The predicted octanol–water partition coefficient (Wildman–Crippen LogP) is 8.86. The van der Waals surface area contributed by atoms with Crippen LogP contribution in [0.25, 0.3) is 10.8 Å². The molecular formula is C30H40O2. The molecule has 0 aliphatic heterocycles. The number of benzene rings is 2. The Balaban J connectivity index is 1.89. The molecule has 2 rings (SSSR count). The van der Waals surface area contributed by atoms with Gasteiger partial charge in [0.1, 0.15) is 11.5 Å². The van der Waals surface area contributed by atoms with Crippen LogP contribution in [0.15, 0.2) is 71.4 Å². The zero-order valence-corrected chi connectivity index (χ0v) is 20.5. The smallest absolute Gasteiger partial charge is 0.127 e. The van der Waals surface area contributed by atoms with Crippen molar-refractivity contribution >= 4 is 10.8 Å². The zero-order valence-electron chi connectivity index (χ0n) is 20.5. The molecule has 0 heterocycles. The predicted molar refractivity (Wildman–Crippen MR) is 140 cm³/mol. The van der Waals surface area contributed by atoms with E-state index in [4.69, 9.17) is 0 Å². The molecule has 0 aliphatic carbocycles. The molecule has 0 fully saturated rings. The molecule has 0 spiro atoms. The maximum Gasteiger partial charge on any atom is 0.127 e. The van der Waals surface area contributed by atoms with E-state index < -0.39 is 0 Å². The van der Waals surface area contributed by atoms with Gasteiger partial charge >= 0.3 is 0 Å². The summed E-state index contributed by atoms with van der Waals surface area (Å²) in [5.41, 5.74) is 5.80. The molecule has 0 unspecified atom stereocenters. The highest BCUT2D eigenvalue weighted by atomic mass is 16.3. The first-order valence-electron chi connectivity index (χ1n) is 11.8. The molecule has 0 bridgehead atoms. The second kappa shape index (κ2) is 13.0. The lowest BCUT2D eigenvalue weighted by molar-refractivity contribution is 0.461. The fourth-order valence-corrected chi connectivity index (χ4v) is 3.98. The first-order valence-corrected chi connectivity index (χ1v) is 11.8. The van der Waals surface area contributed by atoms with Crippen LogP contribution in [0, 0.1) is 6.92 Å². The Bertz CT molecular complexity index is 1020. The minimum absolute atomic E-state index is 0.268. The van der Waals surface area contributed by atoms with Gasteiger partial charge in [0, 0.05) is 16.3 Å². The third kappa shape index (κ3) is 7.44. The fourth-order valence-electron chi connectivity index (χ4n) is 3.98. The maximum absolute atomic E-state index is 10.7. The Morgan fingerprint density at radius 2 is 1.25 bits per heavy atom. The Morgan fingerprint density at radius 3 is 1.81 bits per heavy atom. The molecule has 2 heteroatoms. The number of hydrogen-bond donors (Lipinski definition) is 2. The lowest BCUT2D eigenvalue weighted by atomic mass is 9.95. The first-order chi connectivity index (χ1) is 15.3. The lowest BCUT2D eigenvalue weighted by Crippen LogP contribution is -1.92. The van der Waals surface area contributed by atoms with Gasteiger partial charge in [0.15, 0.2) is 0 Å². The third-order valence-corrected chi connectivity index (χ3v) is 6.19. The van der Waals surface area contributed by atoms with Crippen LogP contribution >= 0.6 is 0 Å². The van der Waals surface area contributed by atoms with E-state index in [0.717, 1.165) is 49.7 Å². The van der Waals surface area contributed by atoms with Crippen molar-refractivity contribution in [1.29, 1.82) is 0 Å². The number of rotatable bonds is 11. The molecule has 0 aliphatic rings. The highest BCUT2D eigenvalue weighted by Gasteiger charge is 2.14. The van der Waals surface area contributed by atoms with E-state index in [2.05, 4.69) is 58.1 Å². The molecule has 0 atom stereocenters. The number of allylic oxidation sites excluding steroid dienone is 8. The van der Waals surface area contributed by atoms with E-state index in [1.165, 1.54) is 16.7 Å². The molecule has 0 saturated carbocycles. The van der Waals surface area contributed by atoms with Crippen LogP contribution in [-0.4, -0.2) is 10.2 Å². The van der Waals surface area contributed by atoms with Crippen molar-refractivity contribution in [3.63, 3.8) is 0 Å². The normalized spacial score (nSPS) is 13.5. The molecule has 32 heavy (non-hydrogen) atoms. The zero-order chi connectivity index (χ0) is 23.5. The highest BCUT2D eigenvalue weighted by molar-refractivity contribution is 5.95. The van der Waals surface area contributed by atoms with Crippen LogP contribution in [0.5, 0.6) is 11.5 Å². The Hall–Kier alpha value is -2.74. The molecule has 2 aromatic carbocycles. The molecular weight excluding hydrogens is 392 g/mol. The van der Waals surface area contributed by atoms with Crippen LogP contribution in [0.1, 0.15) is 77.3 Å². The fraction of sp³-hybridized carbons (Fsp3) is 0.400. The Labute approximate surface area is 194 Å². The molecule has 0 amide bonds. The largest absolute Gasteiger partial charge is 0.507 e. The van der Waals surface area contributed by atoms with Gasteiger partial charge in [0.05, 0.1) is 0 Å². The number of phenols is 2. The Morgan fingerprint density at radius 1 is 0.750 bits per heavy atom. The van der Waals surface area contributed by atoms with E-state index >= 15 is 0 Å². The maximum atomic E-state index is 10.7. The van der Waals surface area contributed by atoms with Crippen LogP contribution < -0.4 is 0 Å². The summed E-state index contributed by atoms with van der Waals surface area (Å²) >= 11 is 0. The summed E-state index contributed by atoms with van der Waals surface area (Å²) in [6, 6.07) is 7.47. The van der Waals surface area contributed by atoms with E-state index in [-0.39, 0.29) is 11.5 Å². The van der Waals surface area contributed by atoms with Gasteiger partial charge < -0.3 is 10.2 Å². The number of fused-ring (bicyclic) bond motifs is 1. The van der Waals surface area contributed by atoms with E-state index in [1.807, 2.05) is 31.2 Å². The number of phenolic OH excluding ortho intramolecular Hbond substituents is 2. The van der Waals surface area contributed by atoms with Crippen LogP contribution in [0.2, 0.25) is 0 Å². The van der Waals surface area contributed by atoms with Crippen molar-refractivity contribution in [1.82, 2.24) is 0 Å². The monoisotopic (exact) mass is 432 g/mol. The summed E-state index contributed by atoms with van der Waals surface area (Å²) < 4.78 is 0. The average Bonchev–Trinajstić information content (AvgIpc) is 2.77. The summed E-state index contributed by atoms with van der Waals surface area (Å²) in [5.74, 6) is 0.550. The molecule has 2 aromatic rings. The molecule has 0 saturated heterocycles. The number of hydrogen-bond acceptors (Lipinski definition) is 2. The second-order valence-electron chi connectivity index (χ2n) is 8.89. The standard InChI is InChI=1S/C30H40O2/c1-6-7-8-13-22(2)14-11-15-23(3)16-12-17-24(4)20-21-26-25(5)29(31)27-18-9-10-19-28(27)30(26)32/h6-7,9-10,14,16,18-20,31-32H,8,11-13,15,17,21H2,1-5H3/b7-6+,22-14+,23-16+,24-20+. The van der Waals surface area contributed by atoms with Crippen LogP contribution in [0.4, 0.5) is 0 Å². The molecule has 0 aromatic heterocycles. The van der Waals surface area contributed by atoms with Gasteiger partial charge in [-0.15, -0.1) is 0 Å². The molecule has 172 valence electrons. The first kappa shape index (κ1) is 25.5. The van der Waals surface area contributed by atoms with Crippen molar-refractivity contribution in [3.05, 3.63) is 82.5 Å². The van der Waals surface area contributed by atoms with Gasteiger partial charge in [0.25, 0.3) is 0 Å². The Kier molecular flexibility index (Phi) is 10.3. The molecule has 2 nitrogen and oxygen atoms in total. The highest BCUT2D eigenvalue weighted by Crippen LogP contribution is 2.39. The topological polar surface area (TPSA) is 40.5 Å². The van der Waals surface area contributed by atoms with Crippen molar-refractivity contribution in [2.75, 3.05) is 0 Å². The van der Waals surface area contributed by atoms with Gasteiger partial charge in [-0.2, -0.15) is 0 Å². The molecule has 0 radical (unpaired) electrons. The lowest BCUT2D eigenvalue weighted by Gasteiger charge is -2.13. The quantitative estimate of drug-likeness (QED) is 0.275. The summed E-state index contributed by atoms with van der Waals surface area (Å²) in [6.45, 7) is 10.5. The summed E-state index contributed by atoms with van der Waals surface area (Å²) in [4.78, 5) is 0. The van der Waals surface area contributed by atoms with E-state index in [1.54, 1.807) is 0 Å². The minimum Gasteiger partial charge on any atom is -0.507 e.